The van der Waals surface area contributed by atoms with E-state index in [-0.39, 0.29) is 12.6 Å². The minimum atomic E-state index is -0.682. The number of esters is 1. The normalized spacial score (nSPS) is 20.7. The standard InChI is InChI=1S/C27H34N4O4/c1-5-35-26(32)24-22(28-27(33)29-25(24)20-7-9-21(34-4)10-8-20)17-30-12-14-31(15-13-30)23-11-6-18(2)16-19(23)3/h6-11,16,24-25H,5,12-15,17H2,1-4H3,(H,29,33). The lowest BCUT2D eigenvalue weighted by atomic mass is 9.87. The van der Waals surface area contributed by atoms with Gasteiger partial charge in [-0.15, -0.1) is 0 Å². The molecule has 2 aliphatic rings. The van der Waals surface area contributed by atoms with Crippen LogP contribution in [0.2, 0.25) is 0 Å². The number of nitrogens with zero attached hydrogens (tertiary/aromatic N) is 3. The molecule has 0 bridgehead atoms. The first kappa shape index (κ1) is 24.7. The first-order valence-corrected chi connectivity index (χ1v) is 12.1. The lowest BCUT2D eigenvalue weighted by Crippen LogP contribution is -2.52. The van der Waals surface area contributed by atoms with Crippen LogP contribution in [0.5, 0.6) is 5.75 Å². The molecule has 2 aliphatic heterocycles. The first-order chi connectivity index (χ1) is 16.9. The van der Waals surface area contributed by atoms with Crippen molar-refractivity contribution >= 4 is 23.4 Å². The van der Waals surface area contributed by atoms with E-state index in [1.807, 2.05) is 24.3 Å². The molecule has 0 aromatic heterocycles. The predicted octanol–water partition coefficient (Wildman–Crippen LogP) is 3.52. The van der Waals surface area contributed by atoms with Crippen LogP contribution in [-0.2, 0) is 9.53 Å². The van der Waals surface area contributed by atoms with Crippen molar-refractivity contribution in [1.29, 1.82) is 0 Å². The fraction of sp³-hybridized carbons (Fsp3) is 0.444. The van der Waals surface area contributed by atoms with Crippen LogP contribution in [0, 0.1) is 19.8 Å². The molecule has 1 N–H and O–H groups in total. The highest BCUT2D eigenvalue weighted by Gasteiger charge is 2.40. The van der Waals surface area contributed by atoms with Crippen LogP contribution in [0.4, 0.5) is 10.5 Å². The Morgan fingerprint density at radius 3 is 2.43 bits per heavy atom. The monoisotopic (exact) mass is 478 g/mol. The SMILES string of the molecule is CCOC(=O)C1C(CN2CCN(c3ccc(C)cc3C)CC2)=NC(=O)NC1c1ccc(OC)cc1. The third-order valence-electron chi connectivity index (χ3n) is 6.68. The van der Waals surface area contributed by atoms with Crippen LogP contribution in [0.25, 0.3) is 0 Å². The zero-order valence-corrected chi connectivity index (χ0v) is 20.9. The Hall–Kier alpha value is -3.39. The molecule has 8 nitrogen and oxygen atoms in total. The molecule has 186 valence electrons. The van der Waals surface area contributed by atoms with E-state index in [2.05, 4.69) is 52.2 Å². The van der Waals surface area contributed by atoms with Gasteiger partial charge in [-0.1, -0.05) is 29.8 Å². The lowest BCUT2D eigenvalue weighted by Gasteiger charge is -2.38. The second-order valence-electron chi connectivity index (χ2n) is 9.09. The van der Waals surface area contributed by atoms with Gasteiger partial charge in [0.1, 0.15) is 11.7 Å². The molecule has 2 unspecified atom stereocenters. The van der Waals surface area contributed by atoms with E-state index in [1.54, 1.807) is 14.0 Å². The molecule has 2 aromatic carbocycles. The second-order valence-corrected chi connectivity index (χ2v) is 9.09. The molecule has 1 saturated heterocycles. The minimum absolute atomic E-state index is 0.264. The van der Waals surface area contributed by atoms with Crippen molar-refractivity contribution in [3.63, 3.8) is 0 Å². The average molecular weight is 479 g/mol. The van der Waals surface area contributed by atoms with Crippen molar-refractivity contribution in [3.05, 3.63) is 59.2 Å². The van der Waals surface area contributed by atoms with Crippen LogP contribution in [-0.4, -0.2) is 69.1 Å². The van der Waals surface area contributed by atoms with Gasteiger partial charge in [0.05, 0.1) is 25.5 Å². The Kier molecular flexibility index (Phi) is 7.70. The van der Waals surface area contributed by atoms with Gasteiger partial charge < -0.3 is 19.7 Å². The number of nitrogens with one attached hydrogen (secondary N) is 1. The van der Waals surface area contributed by atoms with Gasteiger partial charge >= 0.3 is 12.0 Å². The van der Waals surface area contributed by atoms with E-state index in [4.69, 9.17) is 9.47 Å². The summed E-state index contributed by atoms with van der Waals surface area (Å²) in [5, 5.41) is 2.87. The summed E-state index contributed by atoms with van der Waals surface area (Å²) in [4.78, 5) is 34.5. The molecule has 8 heteroatoms. The van der Waals surface area contributed by atoms with Gasteiger partial charge in [0, 0.05) is 38.4 Å². The molecule has 2 amide bonds. The second kappa shape index (κ2) is 10.9. The molecule has 0 saturated carbocycles. The minimum Gasteiger partial charge on any atom is -0.497 e. The van der Waals surface area contributed by atoms with E-state index in [0.717, 1.165) is 31.7 Å². The third kappa shape index (κ3) is 5.65. The first-order valence-electron chi connectivity index (χ1n) is 12.1. The van der Waals surface area contributed by atoms with E-state index < -0.39 is 18.0 Å². The lowest BCUT2D eigenvalue weighted by molar-refractivity contribution is -0.146. The Morgan fingerprint density at radius 1 is 1.09 bits per heavy atom. The Morgan fingerprint density at radius 2 is 1.80 bits per heavy atom. The van der Waals surface area contributed by atoms with Crippen LogP contribution < -0.4 is 15.0 Å². The Labute approximate surface area is 206 Å². The van der Waals surface area contributed by atoms with E-state index in [9.17, 15) is 9.59 Å². The number of hydrogen-bond acceptors (Lipinski definition) is 6. The van der Waals surface area contributed by atoms with Crippen molar-refractivity contribution in [3.8, 4) is 5.75 Å². The van der Waals surface area contributed by atoms with Crippen molar-refractivity contribution in [2.75, 3.05) is 51.3 Å². The molecular formula is C27H34N4O4. The molecule has 0 radical (unpaired) electrons. The quantitative estimate of drug-likeness (QED) is 0.613. The van der Waals surface area contributed by atoms with Crippen LogP contribution in [0.3, 0.4) is 0 Å². The third-order valence-corrected chi connectivity index (χ3v) is 6.68. The molecule has 2 heterocycles. The maximum atomic E-state index is 13.1. The zero-order chi connectivity index (χ0) is 24.9. The number of ether oxygens (including phenoxy) is 2. The van der Waals surface area contributed by atoms with Crippen LogP contribution in [0.1, 0.15) is 29.7 Å². The number of methoxy groups -OCH3 is 1. The van der Waals surface area contributed by atoms with Crippen molar-refractivity contribution in [2.45, 2.75) is 26.8 Å². The molecule has 2 atom stereocenters. The molecule has 35 heavy (non-hydrogen) atoms. The number of aliphatic imine (C=N–C) groups is 1. The molecule has 4 rings (SSSR count). The number of amides is 2. The molecule has 0 spiro atoms. The summed E-state index contributed by atoms with van der Waals surface area (Å²) in [6.07, 6.45) is 0. The summed E-state index contributed by atoms with van der Waals surface area (Å²) in [5.41, 5.74) is 5.15. The number of urea groups is 1. The molecule has 2 aromatic rings. The average Bonchev–Trinajstić information content (AvgIpc) is 2.84. The number of aryl methyl sites for hydroxylation is 2. The van der Waals surface area contributed by atoms with E-state index >= 15 is 0 Å². The maximum Gasteiger partial charge on any atom is 0.341 e. The summed E-state index contributed by atoms with van der Waals surface area (Å²) >= 11 is 0. The molecule has 0 aliphatic carbocycles. The summed E-state index contributed by atoms with van der Waals surface area (Å²) in [6, 6.07) is 12.9. The zero-order valence-electron chi connectivity index (χ0n) is 20.9. The number of rotatable bonds is 7. The van der Waals surface area contributed by atoms with Gasteiger partial charge in [-0.3, -0.25) is 9.69 Å². The van der Waals surface area contributed by atoms with Gasteiger partial charge in [0.2, 0.25) is 0 Å². The van der Waals surface area contributed by atoms with Crippen LogP contribution in [0.15, 0.2) is 47.5 Å². The largest absolute Gasteiger partial charge is 0.497 e. The Balaban J connectivity index is 1.50. The summed E-state index contributed by atoms with van der Waals surface area (Å²) in [7, 11) is 1.60. The predicted molar refractivity (Wildman–Crippen MR) is 136 cm³/mol. The van der Waals surface area contributed by atoms with Gasteiger partial charge in [0.25, 0.3) is 0 Å². The number of carbonyl (C=O) groups excluding carboxylic acids is 2. The van der Waals surface area contributed by atoms with Gasteiger partial charge in [-0.2, -0.15) is 0 Å². The van der Waals surface area contributed by atoms with Crippen LogP contribution >= 0.6 is 0 Å². The topological polar surface area (TPSA) is 83.5 Å². The molecular weight excluding hydrogens is 444 g/mol. The van der Waals surface area contributed by atoms with E-state index in [0.29, 0.717) is 18.0 Å². The van der Waals surface area contributed by atoms with Gasteiger partial charge in [0.15, 0.2) is 0 Å². The van der Waals surface area contributed by atoms with Crippen molar-refractivity contribution < 1.29 is 19.1 Å². The molecule has 1 fully saturated rings. The fourth-order valence-electron chi connectivity index (χ4n) is 4.90. The smallest absolute Gasteiger partial charge is 0.341 e. The number of piperazine rings is 1. The van der Waals surface area contributed by atoms with Gasteiger partial charge in [-0.05, 0) is 50.1 Å². The Bertz CT molecular complexity index is 1090. The fourth-order valence-corrected chi connectivity index (χ4v) is 4.90. The summed E-state index contributed by atoms with van der Waals surface area (Å²) < 4.78 is 10.7. The van der Waals surface area contributed by atoms with Crippen molar-refractivity contribution in [2.24, 2.45) is 10.9 Å². The summed E-state index contributed by atoms with van der Waals surface area (Å²) in [5.74, 6) is -0.349. The van der Waals surface area contributed by atoms with Gasteiger partial charge in [-0.25, -0.2) is 9.79 Å². The number of carbonyl (C=O) groups is 2. The summed E-state index contributed by atoms with van der Waals surface area (Å²) in [6.45, 7) is 10.1. The maximum absolute atomic E-state index is 13.1. The number of anilines is 1. The van der Waals surface area contributed by atoms with E-state index in [1.165, 1.54) is 16.8 Å². The number of hydrogen-bond donors (Lipinski definition) is 1. The highest BCUT2D eigenvalue weighted by atomic mass is 16.5. The number of benzene rings is 2. The van der Waals surface area contributed by atoms with Crippen molar-refractivity contribution in [1.82, 2.24) is 10.2 Å². The highest BCUT2D eigenvalue weighted by molar-refractivity contribution is 6.10. The highest BCUT2D eigenvalue weighted by Crippen LogP contribution is 2.30.